The Bertz CT molecular complexity index is 2480. The first kappa shape index (κ1) is 36.9. The largest absolute Gasteiger partial charge is 0.497 e. The molecule has 0 unspecified atom stereocenters. The minimum Gasteiger partial charge on any atom is -0.497 e. The molecule has 1 saturated heterocycles. The van der Waals surface area contributed by atoms with E-state index in [0.29, 0.717) is 19.6 Å². The van der Waals surface area contributed by atoms with Crippen LogP contribution in [0.25, 0.3) is 39.1 Å². The third-order valence-corrected chi connectivity index (χ3v) is 12.4. The second kappa shape index (κ2) is 13.7. The van der Waals surface area contributed by atoms with Crippen LogP contribution in [0.4, 0.5) is 18.9 Å². The summed E-state index contributed by atoms with van der Waals surface area (Å²) in [6, 6.07) is 33.1. The molecule has 0 amide bonds. The highest BCUT2D eigenvalue weighted by atomic mass is 19.4. The molecular formula is C49H44F3NO4. The van der Waals surface area contributed by atoms with Crippen molar-refractivity contribution < 1.29 is 32.1 Å². The van der Waals surface area contributed by atoms with Gasteiger partial charge in [0.2, 0.25) is 0 Å². The Balaban J connectivity index is 1.30. The molecule has 0 aromatic heterocycles. The SMILES string of the molecule is COc1ccc(C2(c3ccc(OC)cc3)C=Cc3c4c(c5cc(N6CCOCC6)c(OC)cc5c3C2)-c2ccc(-c3ccc(C(F)(F)F)cc3)cc2C4(C)C)cc1. The van der Waals surface area contributed by atoms with Gasteiger partial charge >= 0.3 is 6.18 Å². The predicted octanol–water partition coefficient (Wildman–Crippen LogP) is 11.2. The molecule has 57 heavy (non-hydrogen) atoms. The topological polar surface area (TPSA) is 40.2 Å². The van der Waals surface area contributed by atoms with E-state index in [1.807, 2.05) is 30.3 Å². The quantitative estimate of drug-likeness (QED) is 0.162. The zero-order valence-corrected chi connectivity index (χ0v) is 32.7. The van der Waals surface area contributed by atoms with Crippen LogP contribution in [0.1, 0.15) is 52.8 Å². The van der Waals surface area contributed by atoms with E-state index in [1.54, 1.807) is 33.5 Å². The van der Waals surface area contributed by atoms with Crippen LogP contribution in [-0.4, -0.2) is 47.6 Å². The first-order valence-corrected chi connectivity index (χ1v) is 19.3. The molecular weight excluding hydrogens is 724 g/mol. The molecule has 0 N–H and O–H groups in total. The second-order valence-corrected chi connectivity index (χ2v) is 15.7. The molecule has 0 radical (unpaired) electrons. The van der Waals surface area contributed by atoms with E-state index in [2.05, 4.69) is 79.4 Å². The Morgan fingerprint density at radius 1 is 0.684 bits per heavy atom. The summed E-state index contributed by atoms with van der Waals surface area (Å²) < 4.78 is 63.6. The fraction of sp³-hybridized carbons (Fsp3) is 0.265. The number of methoxy groups -OCH3 is 3. The standard InChI is InChI=1S/C49H44F3NO4/c1-47(2)42-26-31(30-6-9-34(10-7-30)49(50,51)52)8-19-38(42)45-40-27-43(53-22-24-57-25-23-53)44(56-5)28-39(40)41-29-48(21-20-37(41)46(45)47,32-11-15-35(54-3)16-12-32)33-13-17-36(55-4)18-14-33/h6-21,26-28H,22-25,29H2,1-5H3. The van der Waals surface area contributed by atoms with Gasteiger partial charge in [0.1, 0.15) is 17.2 Å². The van der Waals surface area contributed by atoms with E-state index in [-0.39, 0.29) is 0 Å². The van der Waals surface area contributed by atoms with E-state index in [4.69, 9.17) is 18.9 Å². The van der Waals surface area contributed by atoms with Crippen molar-refractivity contribution in [3.05, 3.63) is 148 Å². The Morgan fingerprint density at radius 2 is 1.30 bits per heavy atom. The van der Waals surface area contributed by atoms with E-state index in [1.165, 1.54) is 22.3 Å². The lowest BCUT2D eigenvalue weighted by Gasteiger charge is -2.38. The maximum absolute atomic E-state index is 13.5. The highest BCUT2D eigenvalue weighted by molar-refractivity contribution is 6.09. The number of benzene rings is 6. The zero-order chi connectivity index (χ0) is 39.7. The van der Waals surface area contributed by atoms with Gasteiger partial charge in [-0.2, -0.15) is 13.2 Å². The van der Waals surface area contributed by atoms with Crippen LogP contribution >= 0.6 is 0 Å². The Morgan fingerprint density at radius 3 is 1.88 bits per heavy atom. The molecule has 2 aliphatic carbocycles. The number of ether oxygens (including phenoxy) is 4. The number of allylic oxidation sites excluding steroid dienone is 1. The fourth-order valence-corrected chi connectivity index (χ4v) is 9.46. The zero-order valence-electron chi connectivity index (χ0n) is 32.7. The summed E-state index contributed by atoms with van der Waals surface area (Å²) in [7, 11) is 5.11. The molecule has 0 spiro atoms. The molecule has 1 fully saturated rings. The highest BCUT2D eigenvalue weighted by Crippen LogP contribution is 2.58. The summed E-state index contributed by atoms with van der Waals surface area (Å²) in [6.45, 7) is 7.35. The lowest BCUT2D eigenvalue weighted by atomic mass is 9.65. The molecule has 1 heterocycles. The van der Waals surface area contributed by atoms with Gasteiger partial charge in [-0.3, -0.25) is 0 Å². The molecule has 1 aliphatic heterocycles. The first-order chi connectivity index (χ1) is 27.5. The first-order valence-electron chi connectivity index (χ1n) is 19.3. The molecule has 290 valence electrons. The van der Waals surface area contributed by atoms with E-state index < -0.39 is 22.6 Å². The minimum atomic E-state index is -4.39. The summed E-state index contributed by atoms with van der Waals surface area (Å²) in [4.78, 5) is 2.35. The number of fused-ring (bicyclic) bond motifs is 8. The van der Waals surface area contributed by atoms with Gasteiger partial charge < -0.3 is 23.8 Å². The summed E-state index contributed by atoms with van der Waals surface area (Å²) in [5, 5.41) is 2.28. The van der Waals surface area contributed by atoms with Crippen molar-refractivity contribution >= 4 is 22.5 Å². The van der Waals surface area contributed by atoms with Gasteiger partial charge in [0, 0.05) is 23.9 Å². The Hall–Kier alpha value is -5.73. The number of anilines is 1. The van der Waals surface area contributed by atoms with Crippen molar-refractivity contribution in [1.29, 1.82) is 0 Å². The van der Waals surface area contributed by atoms with Crippen molar-refractivity contribution in [2.45, 2.75) is 37.3 Å². The number of alkyl halides is 3. The summed E-state index contributed by atoms with van der Waals surface area (Å²) >= 11 is 0. The predicted molar refractivity (Wildman–Crippen MR) is 221 cm³/mol. The maximum atomic E-state index is 13.5. The summed E-state index contributed by atoms with van der Waals surface area (Å²) in [5.41, 5.74) is 10.5. The Labute approximate surface area is 331 Å². The molecule has 3 aliphatic rings. The van der Waals surface area contributed by atoms with Gasteiger partial charge in [-0.05, 0) is 127 Å². The van der Waals surface area contributed by atoms with E-state index in [9.17, 15) is 13.2 Å². The maximum Gasteiger partial charge on any atom is 0.416 e. The average Bonchev–Trinajstić information content (AvgIpc) is 3.49. The number of nitrogens with zero attached hydrogens (tertiary/aromatic N) is 1. The third kappa shape index (κ3) is 5.95. The summed E-state index contributed by atoms with van der Waals surface area (Å²) in [6.07, 6.45) is 0.967. The summed E-state index contributed by atoms with van der Waals surface area (Å²) in [5.74, 6) is 2.40. The van der Waals surface area contributed by atoms with Crippen molar-refractivity contribution in [1.82, 2.24) is 0 Å². The van der Waals surface area contributed by atoms with Crippen LogP contribution in [-0.2, 0) is 28.2 Å². The van der Waals surface area contributed by atoms with Crippen LogP contribution in [0.3, 0.4) is 0 Å². The second-order valence-electron chi connectivity index (χ2n) is 15.7. The molecule has 5 nitrogen and oxygen atoms in total. The monoisotopic (exact) mass is 767 g/mol. The van der Waals surface area contributed by atoms with Gasteiger partial charge in [0.15, 0.2) is 0 Å². The third-order valence-electron chi connectivity index (χ3n) is 12.4. The lowest BCUT2D eigenvalue weighted by Crippen LogP contribution is -2.36. The van der Waals surface area contributed by atoms with Crippen LogP contribution in [0, 0.1) is 0 Å². The van der Waals surface area contributed by atoms with Gasteiger partial charge in [0.25, 0.3) is 0 Å². The van der Waals surface area contributed by atoms with Crippen LogP contribution < -0.4 is 19.1 Å². The molecule has 9 rings (SSSR count). The van der Waals surface area contributed by atoms with Crippen LogP contribution in [0.15, 0.2) is 109 Å². The normalized spacial score (nSPS) is 16.5. The van der Waals surface area contributed by atoms with Crippen LogP contribution in [0.5, 0.6) is 17.2 Å². The van der Waals surface area contributed by atoms with E-state index >= 15 is 0 Å². The van der Waals surface area contributed by atoms with Crippen molar-refractivity contribution in [3.8, 4) is 39.5 Å². The lowest BCUT2D eigenvalue weighted by molar-refractivity contribution is -0.137. The number of hydrogen-bond acceptors (Lipinski definition) is 5. The molecule has 6 aromatic carbocycles. The molecule has 0 atom stereocenters. The molecule has 0 saturated carbocycles. The number of halogens is 3. The van der Waals surface area contributed by atoms with Crippen LogP contribution in [0.2, 0.25) is 0 Å². The van der Waals surface area contributed by atoms with E-state index in [0.717, 1.165) is 92.3 Å². The van der Waals surface area contributed by atoms with Gasteiger partial charge in [0.05, 0.1) is 45.8 Å². The van der Waals surface area contributed by atoms with Crippen molar-refractivity contribution in [2.24, 2.45) is 0 Å². The van der Waals surface area contributed by atoms with Crippen molar-refractivity contribution in [3.63, 3.8) is 0 Å². The minimum absolute atomic E-state index is 0.436. The molecule has 6 aromatic rings. The molecule has 0 bridgehead atoms. The molecule has 8 heteroatoms. The Kier molecular flexibility index (Phi) is 8.89. The number of morpholine rings is 1. The highest BCUT2D eigenvalue weighted by Gasteiger charge is 2.44. The smallest absolute Gasteiger partial charge is 0.416 e. The van der Waals surface area contributed by atoms with Gasteiger partial charge in [-0.25, -0.2) is 0 Å². The van der Waals surface area contributed by atoms with Gasteiger partial charge in [-0.15, -0.1) is 0 Å². The number of rotatable bonds is 7. The average molecular weight is 768 g/mol. The van der Waals surface area contributed by atoms with Crippen molar-refractivity contribution in [2.75, 3.05) is 52.5 Å². The van der Waals surface area contributed by atoms with Gasteiger partial charge in [-0.1, -0.05) is 74.5 Å². The number of hydrogen-bond donors (Lipinski definition) is 0. The fourth-order valence-electron chi connectivity index (χ4n) is 9.46.